The van der Waals surface area contributed by atoms with Crippen molar-refractivity contribution >= 4 is 44.3 Å². The average molecular weight is 396 g/mol. The zero-order chi connectivity index (χ0) is 18.0. The molecular formula is C15H10ClN3O4S2. The second-order valence-corrected chi connectivity index (χ2v) is 8.27. The molecule has 2 heterocycles. The van der Waals surface area contributed by atoms with E-state index in [1.807, 2.05) is 0 Å². The Morgan fingerprint density at radius 3 is 2.52 bits per heavy atom. The number of thiophene rings is 1. The highest BCUT2D eigenvalue weighted by Crippen LogP contribution is 2.29. The number of nitrogens with zero attached hydrogens (tertiary/aromatic N) is 2. The van der Waals surface area contributed by atoms with Crippen LogP contribution in [0.3, 0.4) is 0 Å². The third-order valence-corrected chi connectivity index (χ3v) is 6.47. The molecule has 0 spiro atoms. The first-order valence-electron chi connectivity index (χ1n) is 6.90. The smallest absolute Gasteiger partial charge is 0.267 e. The van der Waals surface area contributed by atoms with Gasteiger partial charge in [0, 0.05) is 9.90 Å². The van der Waals surface area contributed by atoms with Crippen LogP contribution < -0.4 is 0 Å². The van der Waals surface area contributed by atoms with Gasteiger partial charge < -0.3 is 0 Å². The molecule has 10 heteroatoms. The van der Waals surface area contributed by atoms with Gasteiger partial charge in [-0.25, -0.2) is 13.4 Å². The molecule has 128 valence electrons. The molecule has 0 saturated heterocycles. The standard InChI is InChI=1S/C15H10ClN3O4S2/c16-9-1-3-10(4-2-9)25(22,23)13-5-6-24-12(13)7-11(20)14(21)15-17-8-18-19-15/h1-6,8H,7H2,(H,17,18,19). The first-order valence-corrected chi connectivity index (χ1v) is 9.64. The Labute approximate surface area is 151 Å². The van der Waals surface area contributed by atoms with Crippen molar-refractivity contribution in [3.05, 3.63) is 57.8 Å². The van der Waals surface area contributed by atoms with E-state index in [0.717, 1.165) is 11.3 Å². The van der Waals surface area contributed by atoms with Crippen LogP contribution in [-0.4, -0.2) is 35.2 Å². The third-order valence-electron chi connectivity index (χ3n) is 3.31. The van der Waals surface area contributed by atoms with Crippen LogP contribution in [0.15, 0.2) is 51.8 Å². The molecule has 0 atom stereocenters. The number of hydrogen-bond donors (Lipinski definition) is 1. The number of nitrogens with one attached hydrogen (secondary N) is 1. The lowest BCUT2D eigenvalue weighted by molar-refractivity contribution is -0.114. The van der Waals surface area contributed by atoms with Crippen molar-refractivity contribution in [1.82, 2.24) is 15.2 Å². The molecule has 0 radical (unpaired) electrons. The van der Waals surface area contributed by atoms with E-state index >= 15 is 0 Å². The molecule has 0 aliphatic carbocycles. The number of Topliss-reactive ketones (excluding diaryl/α,β-unsaturated/α-hetero) is 2. The molecule has 2 aromatic heterocycles. The number of aromatic amines is 1. The minimum absolute atomic E-state index is 0.00374. The molecule has 25 heavy (non-hydrogen) atoms. The van der Waals surface area contributed by atoms with E-state index in [9.17, 15) is 18.0 Å². The van der Waals surface area contributed by atoms with Gasteiger partial charge in [-0.3, -0.25) is 14.7 Å². The summed E-state index contributed by atoms with van der Waals surface area (Å²) in [5, 5.41) is 7.88. The Hall–Kier alpha value is -2.36. The second kappa shape index (κ2) is 6.87. The largest absolute Gasteiger partial charge is 0.290 e. The number of rotatable bonds is 6. The molecule has 0 unspecified atom stereocenters. The lowest BCUT2D eigenvalue weighted by Crippen LogP contribution is -2.18. The highest BCUT2D eigenvalue weighted by atomic mass is 35.5. The van der Waals surface area contributed by atoms with Crippen molar-refractivity contribution in [2.24, 2.45) is 0 Å². The van der Waals surface area contributed by atoms with E-state index in [-0.39, 0.29) is 26.9 Å². The zero-order valence-corrected chi connectivity index (χ0v) is 14.9. The van der Waals surface area contributed by atoms with Gasteiger partial charge in [-0.1, -0.05) is 11.6 Å². The van der Waals surface area contributed by atoms with Crippen LogP contribution in [-0.2, 0) is 21.1 Å². The van der Waals surface area contributed by atoms with Crippen molar-refractivity contribution in [3.63, 3.8) is 0 Å². The first kappa shape index (κ1) is 17.5. The molecule has 1 aromatic carbocycles. The Morgan fingerprint density at radius 1 is 1.16 bits per heavy atom. The van der Waals surface area contributed by atoms with E-state index in [2.05, 4.69) is 15.2 Å². The Morgan fingerprint density at radius 2 is 1.88 bits per heavy atom. The van der Waals surface area contributed by atoms with Crippen LogP contribution >= 0.6 is 22.9 Å². The molecular weight excluding hydrogens is 386 g/mol. The van der Waals surface area contributed by atoms with Gasteiger partial charge in [0.05, 0.1) is 16.2 Å². The summed E-state index contributed by atoms with van der Waals surface area (Å²) in [6, 6.07) is 7.13. The lowest BCUT2D eigenvalue weighted by Gasteiger charge is -2.05. The SMILES string of the molecule is O=C(Cc1sccc1S(=O)(=O)c1ccc(Cl)cc1)C(=O)c1nc[nH]n1. The van der Waals surface area contributed by atoms with Crippen molar-refractivity contribution in [2.75, 3.05) is 0 Å². The quantitative estimate of drug-likeness (QED) is 0.506. The molecule has 7 nitrogen and oxygen atoms in total. The molecule has 3 rings (SSSR count). The number of ketones is 2. The van der Waals surface area contributed by atoms with Gasteiger partial charge in [0.15, 0.2) is 0 Å². The summed E-state index contributed by atoms with van der Waals surface area (Å²) in [5.74, 6) is -1.90. The normalized spacial score (nSPS) is 11.4. The van der Waals surface area contributed by atoms with Gasteiger partial charge in [-0.15, -0.1) is 16.4 Å². The number of hydrogen-bond acceptors (Lipinski definition) is 7. The summed E-state index contributed by atoms with van der Waals surface area (Å²) in [5.41, 5.74) is 0. The van der Waals surface area contributed by atoms with Gasteiger partial charge in [-0.05, 0) is 35.7 Å². The molecule has 0 fully saturated rings. The summed E-state index contributed by atoms with van der Waals surface area (Å²) in [7, 11) is -3.82. The van der Waals surface area contributed by atoms with E-state index in [1.165, 1.54) is 36.7 Å². The molecule has 3 aromatic rings. The molecule has 0 aliphatic heterocycles. The number of H-pyrrole nitrogens is 1. The molecule has 1 N–H and O–H groups in total. The van der Waals surface area contributed by atoms with Crippen molar-refractivity contribution in [1.29, 1.82) is 0 Å². The fourth-order valence-corrected chi connectivity index (χ4v) is 4.93. The fraction of sp³-hybridized carbons (Fsp3) is 0.0667. The maximum absolute atomic E-state index is 12.7. The lowest BCUT2D eigenvalue weighted by atomic mass is 10.1. The predicted molar refractivity (Wildman–Crippen MR) is 90.6 cm³/mol. The summed E-state index contributed by atoms with van der Waals surface area (Å²) in [6.45, 7) is 0. The topological polar surface area (TPSA) is 110 Å². The van der Waals surface area contributed by atoms with Crippen LogP contribution in [0.2, 0.25) is 5.02 Å². The van der Waals surface area contributed by atoms with E-state index in [1.54, 1.807) is 5.38 Å². The minimum Gasteiger partial charge on any atom is -0.290 e. The summed E-state index contributed by atoms with van der Waals surface area (Å²) in [4.78, 5) is 28.0. The predicted octanol–water partition coefficient (Wildman–Crippen LogP) is 2.35. The van der Waals surface area contributed by atoms with Crippen molar-refractivity contribution < 1.29 is 18.0 Å². The van der Waals surface area contributed by atoms with Crippen LogP contribution in [0.25, 0.3) is 0 Å². The van der Waals surface area contributed by atoms with Crippen LogP contribution in [0.4, 0.5) is 0 Å². The van der Waals surface area contributed by atoms with Crippen molar-refractivity contribution in [2.45, 2.75) is 16.2 Å². The molecule has 0 aliphatic rings. The molecule has 0 bridgehead atoms. The van der Waals surface area contributed by atoms with Gasteiger partial charge >= 0.3 is 0 Å². The number of benzene rings is 1. The minimum atomic E-state index is -3.82. The number of carbonyl (C=O) groups excluding carboxylic acids is 2. The first-order chi connectivity index (χ1) is 11.9. The Bertz CT molecular complexity index is 1030. The van der Waals surface area contributed by atoms with Crippen LogP contribution in [0, 0.1) is 0 Å². The van der Waals surface area contributed by atoms with E-state index < -0.39 is 21.4 Å². The maximum Gasteiger partial charge on any atom is 0.267 e. The maximum atomic E-state index is 12.7. The molecule has 0 saturated carbocycles. The van der Waals surface area contributed by atoms with Gasteiger partial charge in [0.25, 0.3) is 5.78 Å². The van der Waals surface area contributed by atoms with Crippen LogP contribution in [0.1, 0.15) is 15.5 Å². The summed E-state index contributed by atoms with van der Waals surface area (Å²) in [6.07, 6.45) is 0.843. The summed E-state index contributed by atoms with van der Waals surface area (Å²) < 4.78 is 25.5. The number of carbonyl (C=O) groups is 2. The third kappa shape index (κ3) is 3.53. The Kier molecular flexibility index (Phi) is 4.80. The van der Waals surface area contributed by atoms with Gasteiger partial charge in [0.1, 0.15) is 6.33 Å². The van der Waals surface area contributed by atoms with Crippen LogP contribution in [0.5, 0.6) is 0 Å². The van der Waals surface area contributed by atoms with E-state index in [4.69, 9.17) is 11.6 Å². The number of halogens is 1. The highest BCUT2D eigenvalue weighted by Gasteiger charge is 2.26. The van der Waals surface area contributed by atoms with Crippen molar-refractivity contribution in [3.8, 4) is 0 Å². The average Bonchev–Trinajstić information content (AvgIpc) is 3.26. The zero-order valence-electron chi connectivity index (χ0n) is 12.5. The van der Waals surface area contributed by atoms with Gasteiger partial charge in [-0.2, -0.15) is 0 Å². The van der Waals surface area contributed by atoms with Gasteiger partial charge in [0.2, 0.25) is 21.4 Å². The fourth-order valence-electron chi connectivity index (χ4n) is 2.11. The highest BCUT2D eigenvalue weighted by molar-refractivity contribution is 7.91. The second-order valence-electron chi connectivity index (χ2n) is 4.92. The number of sulfone groups is 1. The van der Waals surface area contributed by atoms with E-state index in [0.29, 0.717) is 5.02 Å². The monoisotopic (exact) mass is 395 g/mol. The Balaban J connectivity index is 1.89. The molecule has 0 amide bonds. The summed E-state index contributed by atoms with van der Waals surface area (Å²) >= 11 is 6.87. The number of aromatic nitrogens is 3.